The number of rotatable bonds is 7. The number of benzene rings is 1. The van der Waals surface area contributed by atoms with Gasteiger partial charge in [0.2, 0.25) is 9.84 Å². The Hall–Kier alpha value is -0.953. The second-order valence-electron chi connectivity index (χ2n) is 7.70. The zero-order valence-corrected chi connectivity index (χ0v) is 19.0. The molecular formula is C21H34O4SSi. The molecule has 152 valence electrons. The molecule has 0 heterocycles. The Balaban J connectivity index is 2.39. The van der Waals surface area contributed by atoms with Crippen LogP contribution in [0, 0.1) is 11.8 Å². The van der Waals surface area contributed by atoms with Gasteiger partial charge in [-0.15, -0.1) is 0 Å². The molecule has 0 aliphatic heterocycles. The van der Waals surface area contributed by atoms with Gasteiger partial charge in [-0.25, -0.2) is 8.42 Å². The molecule has 0 spiro atoms. The summed E-state index contributed by atoms with van der Waals surface area (Å²) in [7, 11) is -5.46. The molecule has 4 nitrogen and oxygen atoms in total. The van der Waals surface area contributed by atoms with Crippen molar-refractivity contribution >= 4 is 18.2 Å². The molecule has 1 aromatic rings. The molecule has 0 fully saturated rings. The van der Waals surface area contributed by atoms with Gasteiger partial charge in [0.15, 0.2) is 8.32 Å². The van der Waals surface area contributed by atoms with Gasteiger partial charge in [0.25, 0.3) is 0 Å². The second-order valence-corrected chi connectivity index (χ2v) is 14.4. The highest BCUT2D eigenvalue weighted by molar-refractivity contribution is 7.95. The van der Waals surface area contributed by atoms with Crippen LogP contribution in [0.15, 0.2) is 46.2 Å². The van der Waals surface area contributed by atoms with Gasteiger partial charge < -0.3 is 9.53 Å². The summed E-state index contributed by atoms with van der Waals surface area (Å²) in [6.45, 7) is 10.3. The van der Waals surface area contributed by atoms with Crippen molar-refractivity contribution in [2.24, 2.45) is 11.8 Å². The fourth-order valence-corrected chi connectivity index (χ4v) is 8.73. The Kier molecular flexibility index (Phi) is 7.47. The van der Waals surface area contributed by atoms with Crippen molar-refractivity contribution in [1.82, 2.24) is 0 Å². The van der Waals surface area contributed by atoms with E-state index in [0.717, 1.165) is 18.1 Å². The Morgan fingerprint density at radius 3 is 2.15 bits per heavy atom. The van der Waals surface area contributed by atoms with Gasteiger partial charge in [0.05, 0.1) is 22.0 Å². The summed E-state index contributed by atoms with van der Waals surface area (Å²) in [5, 5.41) is 10.9. The van der Waals surface area contributed by atoms with Crippen molar-refractivity contribution in [1.29, 1.82) is 0 Å². The lowest BCUT2D eigenvalue weighted by Gasteiger charge is -2.37. The first-order valence-corrected chi connectivity index (χ1v) is 14.1. The smallest absolute Gasteiger partial charge is 0.202 e. The summed E-state index contributed by atoms with van der Waals surface area (Å²) >= 11 is 0. The zero-order valence-electron chi connectivity index (χ0n) is 17.2. The minimum atomic E-state index is -3.62. The average Bonchev–Trinajstić information content (AvgIpc) is 2.79. The summed E-state index contributed by atoms with van der Waals surface area (Å²) in [5.41, 5.74) is 0. The van der Waals surface area contributed by atoms with E-state index in [-0.39, 0.29) is 16.9 Å². The van der Waals surface area contributed by atoms with Gasteiger partial charge in [0, 0.05) is 11.8 Å². The first-order chi connectivity index (χ1) is 12.7. The summed E-state index contributed by atoms with van der Waals surface area (Å²) in [5.74, 6) is -0.573. The Morgan fingerprint density at radius 2 is 1.63 bits per heavy atom. The Bertz CT molecular complexity index is 732. The topological polar surface area (TPSA) is 63.6 Å². The summed E-state index contributed by atoms with van der Waals surface area (Å²) in [6.07, 6.45) is 1.43. The average molecular weight is 411 g/mol. The lowest BCUT2D eigenvalue weighted by Crippen LogP contribution is -2.44. The molecule has 2 rings (SSSR count). The van der Waals surface area contributed by atoms with Crippen LogP contribution in [0.4, 0.5) is 0 Å². The summed E-state index contributed by atoms with van der Waals surface area (Å²) in [4.78, 5) is 0.595. The predicted octanol–water partition coefficient (Wildman–Crippen LogP) is 4.77. The molecule has 6 heteroatoms. The highest BCUT2D eigenvalue weighted by atomic mass is 32.2. The third-order valence-corrected chi connectivity index (χ3v) is 13.1. The van der Waals surface area contributed by atoms with Gasteiger partial charge in [0.1, 0.15) is 0 Å². The molecule has 0 saturated carbocycles. The van der Waals surface area contributed by atoms with E-state index >= 15 is 0 Å². The number of aliphatic hydroxyl groups excluding tert-OH is 1. The van der Waals surface area contributed by atoms with Crippen molar-refractivity contribution in [2.45, 2.75) is 76.3 Å². The second kappa shape index (κ2) is 9.03. The number of aliphatic hydroxyl groups is 1. The van der Waals surface area contributed by atoms with Crippen LogP contribution in [0.3, 0.4) is 0 Å². The fourth-order valence-electron chi connectivity index (χ4n) is 4.04. The molecular weight excluding hydrogens is 376 g/mol. The lowest BCUT2D eigenvalue weighted by atomic mass is 9.91. The van der Waals surface area contributed by atoms with E-state index in [1.54, 1.807) is 43.3 Å². The van der Waals surface area contributed by atoms with Gasteiger partial charge in [-0.2, -0.15) is 0 Å². The Labute approximate surface area is 165 Å². The molecule has 1 aliphatic carbocycles. The highest BCUT2D eigenvalue weighted by Crippen LogP contribution is 2.37. The minimum Gasteiger partial charge on any atom is -0.413 e. The maximum Gasteiger partial charge on any atom is 0.202 e. The van der Waals surface area contributed by atoms with Crippen LogP contribution in [-0.4, -0.2) is 34.0 Å². The molecule has 0 saturated heterocycles. The lowest BCUT2D eigenvalue weighted by molar-refractivity contribution is 0.0159. The third kappa shape index (κ3) is 4.55. The largest absolute Gasteiger partial charge is 0.413 e. The van der Waals surface area contributed by atoms with E-state index < -0.39 is 30.2 Å². The van der Waals surface area contributed by atoms with Crippen molar-refractivity contribution in [3.05, 3.63) is 41.3 Å². The zero-order chi connectivity index (χ0) is 20.2. The van der Waals surface area contributed by atoms with E-state index in [2.05, 4.69) is 20.8 Å². The molecule has 0 aromatic heterocycles. The van der Waals surface area contributed by atoms with E-state index in [0.29, 0.717) is 11.3 Å². The third-order valence-electron chi connectivity index (χ3n) is 6.34. The maximum absolute atomic E-state index is 13.2. The molecule has 0 unspecified atom stereocenters. The predicted molar refractivity (Wildman–Crippen MR) is 113 cm³/mol. The first kappa shape index (κ1) is 22.3. The maximum atomic E-state index is 13.2. The van der Waals surface area contributed by atoms with Crippen molar-refractivity contribution in [3.63, 3.8) is 0 Å². The summed E-state index contributed by atoms with van der Waals surface area (Å²) in [6, 6.07) is 11.6. The number of hydrogen-bond acceptors (Lipinski definition) is 4. The van der Waals surface area contributed by atoms with Gasteiger partial charge in [-0.1, -0.05) is 58.9 Å². The molecule has 0 bridgehead atoms. The molecule has 4 atom stereocenters. The van der Waals surface area contributed by atoms with Crippen molar-refractivity contribution in [2.75, 3.05) is 0 Å². The standard InChI is InChI=1S/C21H34O4SSi/c1-6-27(7-2,8-3)25-19-14-15-20(17(5)21(22)16(19)4)26(23,24)18-12-10-9-11-13-18/h9-13,15-17,19,21-22H,6-8,14H2,1-5H3/t16-,17+,19+,21-/m1/s1. The molecule has 0 radical (unpaired) electrons. The van der Waals surface area contributed by atoms with Gasteiger partial charge >= 0.3 is 0 Å². The van der Waals surface area contributed by atoms with E-state index in [1.807, 2.05) is 6.92 Å². The van der Waals surface area contributed by atoms with E-state index in [9.17, 15) is 13.5 Å². The van der Waals surface area contributed by atoms with Gasteiger partial charge in [-0.3, -0.25) is 0 Å². The van der Waals surface area contributed by atoms with Crippen LogP contribution in [0.2, 0.25) is 18.1 Å². The molecule has 0 amide bonds. The quantitative estimate of drug-likeness (QED) is 0.658. The monoisotopic (exact) mass is 410 g/mol. The number of hydrogen-bond donors (Lipinski definition) is 1. The SMILES string of the molecule is CC[Si](CC)(CC)O[C@H]1CC=C(S(=O)(=O)c2ccccc2)[C@H](C)[C@H](O)[C@@H]1C. The number of sulfone groups is 1. The first-order valence-electron chi connectivity index (χ1n) is 10.1. The van der Waals surface area contributed by atoms with Crippen LogP contribution >= 0.6 is 0 Å². The molecule has 1 aliphatic rings. The molecule has 27 heavy (non-hydrogen) atoms. The van der Waals surface area contributed by atoms with Crippen LogP contribution in [0.5, 0.6) is 0 Å². The highest BCUT2D eigenvalue weighted by Gasteiger charge is 2.41. The van der Waals surface area contributed by atoms with Crippen LogP contribution in [0.25, 0.3) is 0 Å². The van der Waals surface area contributed by atoms with Crippen LogP contribution in [0.1, 0.15) is 41.0 Å². The summed E-state index contributed by atoms with van der Waals surface area (Å²) < 4.78 is 32.9. The van der Waals surface area contributed by atoms with Crippen LogP contribution < -0.4 is 0 Å². The molecule has 1 N–H and O–H groups in total. The Morgan fingerprint density at radius 1 is 1.07 bits per heavy atom. The molecule has 1 aromatic carbocycles. The normalized spacial score (nSPS) is 27.1. The van der Waals surface area contributed by atoms with Crippen molar-refractivity contribution in [3.8, 4) is 0 Å². The van der Waals surface area contributed by atoms with Gasteiger partial charge in [-0.05, 0) is 36.7 Å². The minimum absolute atomic E-state index is 0.115. The van der Waals surface area contributed by atoms with Crippen molar-refractivity contribution < 1.29 is 18.0 Å². The van der Waals surface area contributed by atoms with E-state index in [1.165, 1.54) is 0 Å². The van der Waals surface area contributed by atoms with Crippen LogP contribution in [-0.2, 0) is 14.3 Å². The fraction of sp³-hybridized carbons (Fsp3) is 0.619. The van der Waals surface area contributed by atoms with E-state index in [4.69, 9.17) is 4.43 Å².